The van der Waals surface area contributed by atoms with Crippen LogP contribution in [0.1, 0.15) is 59.8 Å². The van der Waals surface area contributed by atoms with Gasteiger partial charge in [0, 0.05) is 5.92 Å². The molecule has 6 atom stereocenters. The second kappa shape index (κ2) is 6.85. The molecule has 0 radical (unpaired) electrons. The fourth-order valence-electron chi connectivity index (χ4n) is 7.95. The minimum Gasteiger partial charge on any atom is -0.501 e. The summed E-state index contributed by atoms with van der Waals surface area (Å²) < 4.78 is 37.9. The van der Waals surface area contributed by atoms with E-state index in [0.29, 0.717) is 11.7 Å². The van der Waals surface area contributed by atoms with Crippen molar-refractivity contribution < 1.29 is 22.7 Å². The summed E-state index contributed by atoms with van der Waals surface area (Å²) in [5.41, 5.74) is 0.325. The molecule has 4 aliphatic rings. The first-order valence-electron chi connectivity index (χ1n) is 11.2. The largest absolute Gasteiger partial charge is 0.501 e. The molecule has 0 bridgehead atoms. The second-order valence-electron chi connectivity index (χ2n) is 11.1. The smallest absolute Gasteiger partial charge is 0.337 e. The normalized spacial score (nSPS) is 43.8. The second-order valence-corrected chi connectivity index (χ2v) is 13.3. The van der Waals surface area contributed by atoms with Gasteiger partial charge >= 0.3 is 5.97 Å². The molecule has 0 aromatic carbocycles. The maximum absolute atomic E-state index is 13.6. The van der Waals surface area contributed by atoms with Crippen LogP contribution in [-0.4, -0.2) is 39.6 Å². The predicted octanol–water partition coefficient (Wildman–Crippen LogP) is 4.29. The SMILES string of the molecule is COC(=O)C1=CC2C(C(OC)=C1)[C@]1(C)CC[C@H]3C(C)(C)CCC[C@]3(C)[C@H]1CS2(=O)=O. The summed E-state index contributed by atoms with van der Waals surface area (Å²) in [6.07, 6.45) is 8.88. The number of hydrogen-bond donors (Lipinski definition) is 0. The molecule has 30 heavy (non-hydrogen) atoms. The van der Waals surface area contributed by atoms with Crippen molar-refractivity contribution in [2.24, 2.45) is 34.0 Å². The Labute approximate surface area is 181 Å². The molecule has 1 heterocycles. The molecule has 5 nitrogen and oxygen atoms in total. The summed E-state index contributed by atoms with van der Waals surface area (Å²) in [6.45, 7) is 9.36. The number of allylic oxidation sites excluding steroid dienone is 1. The molecule has 1 saturated heterocycles. The van der Waals surface area contributed by atoms with Crippen molar-refractivity contribution in [3.63, 3.8) is 0 Å². The zero-order valence-electron chi connectivity index (χ0n) is 19.2. The summed E-state index contributed by atoms with van der Waals surface area (Å²) in [6, 6.07) is 0. The summed E-state index contributed by atoms with van der Waals surface area (Å²) in [4.78, 5) is 12.2. The van der Waals surface area contributed by atoms with Gasteiger partial charge in [0.1, 0.15) is 5.76 Å². The number of carbonyl (C=O) groups is 1. The molecule has 168 valence electrons. The third kappa shape index (κ3) is 2.92. The average molecular weight is 437 g/mol. The van der Waals surface area contributed by atoms with E-state index in [4.69, 9.17) is 9.47 Å². The molecule has 0 spiro atoms. The third-order valence-electron chi connectivity index (χ3n) is 9.30. The average Bonchev–Trinajstić information content (AvgIpc) is 2.67. The van der Waals surface area contributed by atoms with Gasteiger partial charge in [-0.2, -0.15) is 0 Å². The molecule has 0 aromatic rings. The van der Waals surface area contributed by atoms with E-state index in [1.54, 1.807) is 19.3 Å². The van der Waals surface area contributed by atoms with Crippen molar-refractivity contribution in [1.29, 1.82) is 0 Å². The van der Waals surface area contributed by atoms with E-state index in [9.17, 15) is 13.2 Å². The summed E-state index contributed by atoms with van der Waals surface area (Å²) >= 11 is 0. The van der Waals surface area contributed by atoms with Crippen LogP contribution in [0.25, 0.3) is 0 Å². The fraction of sp³-hybridized carbons (Fsp3) is 0.792. The molecule has 0 N–H and O–H groups in total. The maximum atomic E-state index is 13.6. The Morgan fingerprint density at radius 3 is 2.37 bits per heavy atom. The Hall–Kier alpha value is -1.30. The highest BCUT2D eigenvalue weighted by molar-refractivity contribution is 7.92. The van der Waals surface area contributed by atoms with Gasteiger partial charge in [0.15, 0.2) is 9.84 Å². The first-order chi connectivity index (χ1) is 13.9. The van der Waals surface area contributed by atoms with Crippen LogP contribution in [0.3, 0.4) is 0 Å². The molecule has 3 aliphatic carbocycles. The number of rotatable bonds is 2. The zero-order chi connectivity index (χ0) is 22.1. The minimum atomic E-state index is -3.44. The molecule has 6 heteroatoms. The van der Waals surface area contributed by atoms with Crippen molar-refractivity contribution in [3.05, 3.63) is 23.5 Å². The van der Waals surface area contributed by atoms with Gasteiger partial charge in [-0.3, -0.25) is 0 Å². The quantitative estimate of drug-likeness (QED) is 0.604. The predicted molar refractivity (Wildman–Crippen MR) is 116 cm³/mol. The standard InChI is InChI=1S/C24H36O5S/c1-22(2)9-7-10-23(3)18(22)8-11-24(4)19(23)14-30(26,27)17-13-15(21(25)29-6)12-16(28-5)20(17)24/h12-13,17-20H,7-11,14H2,1-6H3/t17?,18-,19+,20?,23-,24+/m0/s1. The lowest BCUT2D eigenvalue weighted by Gasteiger charge is -2.66. The molecule has 0 aromatic heterocycles. The van der Waals surface area contributed by atoms with Gasteiger partial charge in [0.2, 0.25) is 0 Å². The highest BCUT2D eigenvalue weighted by Crippen LogP contribution is 2.69. The van der Waals surface area contributed by atoms with Gasteiger partial charge in [-0.05, 0) is 59.8 Å². The summed E-state index contributed by atoms with van der Waals surface area (Å²) in [5, 5.41) is -0.732. The minimum absolute atomic E-state index is 0.00200. The first kappa shape index (κ1) is 21.9. The van der Waals surface area contributed by atoms with Crippen LogP contribution >= 0.6 is 0 Å². The molecule has 2 unspecified atom stereocenters. The number of methoxy groups -OCH3 is 2. The zero-order valence-corrected chi connectivity index (χ0v) is 20.0. The van der Waals surface area contributed by atoms with Crippen molar-refractivity contribution in [2.45, 2.75) is 65.0 Å². The van der Waals surface area contributed by atoms with Crippen LogP contribution in [0.15, 0.2) is 23.5 Å². The monoisotopic (exact) mass is 436 g/mol. The molecule has 1 aliphatic heterocycles. The summed E-state index contributed by atoms with van der Waals surface area (Å²) in [7, 11) is -0.543. The van der Waals surface area contributed by atoms with Crippen molar-refractivity contribution in [3.8, 4) is 0 Å². The number of hydrogen-bond acceptors (Lipinski definition) is 5. The van der Waals surface area contributed by atoms with Gasteiger partial charge in [0.05, 0.1) is 30.8 Å². The Kier molecular flexibility index (Phi) is 5.00. The van der Waals surface area contributed by atoms with E-state index in [-0.39, 0.29) is 39.4 Å². The van der Waals surface area contributed by atoms with Gasteiger partial charge in [-0.15, -0.1) is 0 Å². The van der Waals surface area contributed by atoms with E-state index in [0.717, 1.165) is 25.7 Å². The lowest BCUT2D eigenvalue weighted by Crippen LogP contribution is -2.64. The highest BCUT2D eigenvalue weighted by atomic mass is 32.2. The van der Waals surface area contributed by atoms with E-state index >= 15 is 0 Å². The summed E-state index contributed by atoms with van der Waals surface area (Å²) in [5.74, 6) is 0.633. The number of sulfone groups is 1. The van der Waals surface area contributed by atoms with Crippen molar-refractivity contribution >= 4 is 15.8 Å². The maximum Gasteiger partial charge on any atom is 0.337 e. The van der Waals surface area contributed by atoms with Crippen LogP contribution < -0.4 is 0 Å². The van der Waals surface area contributed by atoms with E-state index in [1.807, 2.05) is 0 Å². The van der Waals surface area contributed by atoms with Gasteiger partial charge < -0.3 is 9.47 Å². The molecule has 2 saturated carbocycles. The molecule has 0 amide bonds. The van der Waals surface area contributed by atoms with Gasteiger partial charge in [0.25, 0.3) is 0 Å². The lowest BCUT2D eigenvalue weighted by atomic mass is 9.41. The Balaban J connectivity index is 1.84. The van der Waals surface area contributed by atoms with E-state index in [2.05, 4.69) is 27.7 Å². The van der Waals surface area contributed by atoms with Gasteiger partial charge in [-0.1, -0.05) is 40.2 Å². The van der Waals surface area contributed by atoms with Crippen LogP contribution in [0.5, 0.6) is 0 Å². The van der Waals surface area contributed by atoms with Crippen LogP contribution in [0.4, 0.5) is 0 Å². The molecular formula is C24H36O5S. The number of fused-ring (bicyclic) bond motifs is 5. The van der Waals surface area contributed by atoms with Crippen LogP contribution in [0.2, 0.25) is 0 Å². The van der Waals surface area contributed by atoms with Crippen LogP contribution in [-0.2, 0) is 24.1 Å². The van der Waals surface area contributed by atoms with Crippen molar-refractivity contribution in [1.82, 2.24) is 0 Å². The van der Waals surface area contributed by atoms with E-state index < -0.39 is 21.1 Å². The topological polar surface area (TPSA) is 69.7 Å². The molecular weight excluding hydrogens is 400 g/mol. The Morgan fingerprint density at radius 1 is 1.03 bits per heavy atom. The molecule has 4 rings (SSSR count). The number of carbonyl (C=O) groups excluding carboxylic acids is 1. The van der Waals surface area contributed by atoms with E-state index in [1.165, 1.54) is 13.5 Å². The first-order valence-corrected chi connectivity index (χ1v) is 12.9. The van der Waals surface area contributed by atoms with Gasteiger partial charge in [-0.25, -0.2) is 13.2 Å². The Bertz CT molecular complexity index is 914. The fourth-order valence-corrected chi connectivity index (χ4v) is 10.6. The number of ether oxygens (including phenoxy) is 2. The van der Waals surface area contributed by atoms with Crippen LogP contribution in [0, 0.1) is 34.0 Å². The van der Waals surface area contributed by atoms with Crippen molar-refractivity contribution in [2.75, 3.05) is 20.0 Å². The Morgan fingerprint density at radius 2 is 1.73 bits per heavy atom. The highest BCUT2D eigenvalue weighted by Gasteiger charge is 2.66. The molecule has 3 fully saturated rings. The number of esters is 1. The third-order valence-corrected chi connectivity index (χ3v) is 11.3. The lowest BCUT2D eigenvalue weighted by molar-refractivity contribution is -0.141.